The molecule has 0 amide bonds. The Morgan fingerprint density at radius 2 is 1.57 bits per heavy atom. The van der Waals surface area contributed by atoms with Crippen LogP contribution in [0.2, 0.25) is 10.0 Å². The third-order valence-electron chi connectivity index (χ3n) is 2.87. The Bertz CT molecular complexity index is 740. The first kappa shape index (κ1) is 17.3. The van der Waals surface area contributed by atoms with Gasteiger partial charge in [0.1, 0.15) is 5.82 Å². The van der Waals surface area contributed by atoms with Gasteiger partial charge in [0.15, 0.2) is 0 Å². The molecule has 6 heteroatoms. The largest absolute Gasteiger partial charge is 0.306 e. The van der Waals surface area contributed by atoms with Gasteiger partial charge in [-0.3, -0.25) is 9.98 Å². The van der Waals surface area contributed by atoms with Gasteiger partial charge < -0.3 is 5.41 Å². The lowest BCUT2D eigenvalue weighted by molar-refractivity contribution is 0.626. The lowest BCUT2D eigenvalue weighted by Crippen LogP contribution is -2.06. The summed E-state index contributed by atoms with van der Waals surface area (Å²) in [7, 11) is 0. The molecule has 0 aromatic heterocycles. The van der Waals surface area contributed by atoms with Gasteiger partial charge in [-0.1, -0.05) is 35.3 Å². The molecule has 23 heavy (non-hydrogen) atoms. The first-order valence-corrected chi connectivity index (χ1v) is 7.57. The SMILES string of the molecule is N=C(CN=Cc1ccc(Cl)cc1)CN=Cc1ccc(Cl)cc1F. The molecule has 0 atom stereocenters. The molecule has 2 aromatic carbocycles. The number of hydrogen-bond donors (Lipinski definition) is 1. The van der Waals surface area contributed by atoms with Crippen LogP contribution in [0, 0.1) is 11.2 Å². The second-order valence-corrected chi connectivity index (χ2v) is 5.63. The van der Waals surface area contributed by atoms with Crippen LogP contribution in [0.1, 0.15) is 11.1 Å². The van der Waals surface area contributed by atoms with Crippen molar-refractivity contribution in [3.05, 3.63) is 69.5 Å². The van der Waals surface area contributed by atoms with Crippen molar-refractivity contribution < 1.29 is 4.39 Å². The predicted octanol–water partition coefficient (Wildman–Crippen LogP) is 4.69. The first-order chi connectivity index (χ1) is 11.0. The van der Waals surface area contributed by atoms with Crippen molar-refractivity contribution in [2.75, 3.05) is 13.1 Å². The summed E-state index contributed by atoms with van der Waals surface area (Å²) in [6, 6.07) is 11.6. The third-order valence-corrected chi connectivity index (χ3v) is 3.35. The summed E-state index contributed by atoms with van der Waals surface area (Å²) in [6.45, 7) is 0.406. The van der Waals surface area contributed by atoms with E-state index in [1.807, 2.05) is 12.1 Å². The zero-order valence-electron chi connectivity index (χ0n) is 12.1. The smallest absolute Gasteiger partial charge is 0.133 e. The number of nitrogens with zero attached hydrogens (tertiary/aromatic N) is 2. The zero-order valence-corrected chi connectivity index (χ0v) is 13.7. The van der Waals surface area contributed by atoms with Gasteiger partial charge in [0.25, 0.3) is 0 Å². The van der Waals surface area contributed by atoms with E-state index in [1.165, 1.54) is 12.3 Å². The van der Waals surface area contributed by atoms with Gasteiger partial charge in [-0.05, 0) is 35.9 Å². The second kappa shape index (κ2) is 8.56. The second-order valence-electron chi connectivity index (χ2n) is 4.76. The Labute approximate surface area is 144 Å². The molecule has 2 rings (SSSR count). The third kappa shape index (κ3) is 5.93. The molecular formula is C17H14Cl2FN3. The molecule has 0 spiro atoms. The molecule has 0 heterocycles. The van der Waals surface area contributed by atoms with Crippen LogP contribution in [0.25, 0.3) is 0 Å². The highest BCUT2D eigenvalue weighted by Crippen LogP contribution is 2.13. The standard InChI is InChI=1S/C17H14Cl2FN3/c18-14-4-1-12(2-5-14)8-22-10-16(21)11-23-9-13-3-6-15(19)7-17(13)20/h1-9,21H,10-11H2. The van der Waals surface area contributed by atoms with E-state index in [1.54, 1.807) is 30.5 Å². The van der Waals surface area contributed by atoms with Crippen molar-refractivity contribution in [1.29, 1.82) is 5.41 Å². The molecular weight excluding hydrogens is 336 g/mol. The van der Waals surface area contributed by atoms with Gasteiger partial charge in [-0.2, -0.15) is 0 Å². The fraction of sp³-hybridized carbons (Fsp3) is 0.118. The molecule has 0 saturated heterocycles. The van der Waals surface area contributed by atoms with Crippen LogP contribution >= 0.6 is 23.2 Å². The maximum atomic E-state index is 13.5. The Hall–Kier alpha value is -2.04. The summed E-state index contributed by atoms with van der Waals surface area (Å²) in [5, 5.41) is 8.78. The summed E-state index contributed by atoms with van der Waals surface area (Å²) in [4.78, 5) is 8.21. The topological polar surface area (TPSA) is 48.6 Å². The molecule has 0 radical (unpaired) electrons. The van der Waals surface area contributed by atoms with E-state index in [9.17, 15) is 4.39 Å². The van der Waals surface area contributed by atoms with Crippen LogP contribution in [-0.4, -0.2) is 31.2 Å². The van der Waals surface area contributed by atoms with Crippen molar-refractivity contribution >= 4 is 41.3 Å². The van der Waals surface area contributed by atoms with Gasteiger partial charge in [0.2, 0.25) is 0 Å². The van der Waals surface area contributed by atoms with Gasteiger partial charge >= 0.3 is 0 Å². The minimum Gasteiger partial charge on any atom is -0.306 e. The minimum atomic E-state index is -0.437. The van der Waals surface area contributed by atoms with Crippen LogP contribution in [0.15, 0.2) is 52.4 Å². The van der Waals surface area contributed by atoms with Crippen molar-refractivity contribution in [2.24, 2.45) is 9.98 Å². The number of aliphatic imine (C=N–C) groups is 2. The average Bonchev–Trinajstić information content (AvgIpc) is 2.51. The number of nitrogens with one attached hydrogen (secondary N) is 1. The van der Waals surface area contributed by atoms with Crippen molar-refractivity contribution in [1.82, 2.24) is 0 Å². The summed E-state index contributed by atoms with van der Waals surface area (Å²) in [5.41, 5.74) is 1.58. The number of rotatable bonds is 6. The molecule has 0 aliphatic carbocycles. The van der Waals surface area contributed by atoms with E-state index in [-0.39, 0.29) is 13.1 Å². The van der Waals surface area contributed by atoms with Gasteiger partial charge in [0.05, 0.1) is 18.8 Å². The lowest BCUT2D eigenvalue weighted by Gasteiger charge is -1.98. The van der Waals surface area contributed by atoms with Crippen LogP contribution in [0.3, 0.4) is 0 Å². The fourth-order valence-corrected chi connectivity index (χ4v) is 2.01. The number of hydrogen-bond acceptors (Lipinski definition) is 3. The molecule has 1 N–H and O–H groups in total. The van der Waals surface area contributed by atoms with Crippen LogP contribution in [0.5, 0.6) is 0 Å². The molecule has 0 aliphatic heterocycles. The molecule has 0 bridgehead atoms. The minimum absolute atomic E-state index is 0.167. The van der Waals surface area contributed by atoms with Gasteiger partial charge in [-0.25, -0.2) is 4.39 Å². The Morgan fingerprint density at radius 3 is 2.22 bits per heavy atom. The van der Waals surface area contributed by atoms with E-state index in [0.717, 1.165) is 5.56 Å². The summed E-state index contributed by atoms with van der Waals surface area (Å²) in [5.74, 6) is -0.437. The average molecular weight is 350 g/mol. The van der Waals surface area contributed by atoms with Crippen molar-refractivity contribution in [2.45, 2.75) is 0 Å². The van der Waals surface area contributed by atoms with Crippen LogP contribution < -0.4 is 0 Å². The Balaban J connectivity index is 1.82. The molecule has 3 nitrogen and oxygen atoms in total. The monoisotopic (exact) mass is 349 g/mol. The van der Waals surface area contributed by atoms with E-state index in [2.05, 4.69) is 9.98 Å². The fourth-order valence-electron chi connectivity index (χ4n) is 1.72. The predicted molar refractivity (Wildman–Crippen MR) is 95.5 cm³/mol. The van der Waals surface area contributed by atoms with Gasteiger partial charge in [-0.15, -0.1) is 0 Å². The zero-order chi connectivity index (χ0) is 16.7. The molecule has 2 aromatic rings. The normalized spacial score (nSPS) is 11.4. The quantitative estimate of drug-likeness (QED) is 0.735. The van der Waals surface area contributed by atoms with E-state index in [4.69, 9.17) is 28.6 Å². The highest BCUT2D eigenvalue weighted by Gasteiger charge is 2.00. The Kier molecular flexibility index (Phi) is 6.44. The summed E-state index contributed by atoms with van der Waals surface area (Å²) < 4.78 is 13.5. The first-order valence-electron chi connectivity index (χ1n) is 6.81. The summed E-state index contributed by atoms with van der Waals surface area (Å²) in [6.07, 6.45) is 3.07. The maximum absolute atomic E-state index is 13.5. The van der Waals surface area contributed by atoms with Crippen molar-refractivity contribution in [3.8, 4) is 0 Å². The molecule has 0 aliphatic rings. The highest BCUT2D eigenvalue weighted by molar-refractivity contribution is 6.30. The number of benzene rings is 2. The van der Waals surface area contributed by atoms with Crippen LogP contribution in [0.4, 0.5) is 4.39 Å². The summed E-state index contributed by atoms with van der Waals surface area (Å²) >= 11 is 11.5. The highest BCUT2D eigenvalue weighted by atomic mass is 35.5. The molecule has 0 saturated carbocycles. The van der Waals surface area contributed by atoms with Crippen molar-refractivity contribution in [3.63, 3.8) is 0 Å². The molecule has 0 fully saturated rings. The number of halogens is 3. The lowest BCUT2D eigenvalue weighted by atomic mass is 10.2. The molecule has 0 unspecified atom stereocenters. The van der Waals surface area contributed by atoms with E-state index >= 15 is 0 Å². The maximum Gasteiger partial charge on any atom is 0.133 e. The molecule has 118 valence electrons. The van der Waals surface area contributed by atoms with Gasteiger partial charge in [0, 0.05) is 28.0 Å². The Morgan fingerprint density at radius 1 is 0.957 bits per heavy atom. The van der Waals surface area contributed by atoms with E-state index in [0.29, 0.717) is 21.3 Å². The van der Waals surface area contributed by atoms with E-state index < -0.39 is 5.82 Å². The van der Waals surface area contributed by atoms with Crippen LogP contribution in [-0.2, 0) is 0 Å².